The van der Waals surface area contributed by atoms with Crippen LogP contribution in [0, 0.1) is 0 Å². The number of halogens is 1. The van der Waals surface area contributed by atoms with E-state index < -0.39 is 0 Å². The molecule has 0 aliphatic rings. The largest absolute Gasteiger partial charge is 0.354 e. The molecule has 1 aromatic rings. The lowest BCUT2D eigenvalue weighted by Crippen LogP contribution is -2.40. The Morgan fingerprint density at radius 3 is 2.80 bits per heavy atom. The van der Waals surface area contributed by atoms with E-state index in [-0.39, 0.29) is 18.4 Å². The predicted molar refractivity (Wildman–Crippen MR) is 80.6 cm³/mol. The number of nitrogens with one attached hydrogen (secondary N) is 1. The van der Waals surface area contributed by atoms with Crippen LogP contribution in [-0.2, 0) is 16.0 Å². The molecule has 5 heteroatoms. The molecule has 0 spiro atoms. The molecule has 4 nitrogen and oxygen atoms in total. The Hall–Kier alpha value is -1.81. The topological polar surface area (TPSA) is 49.4 Å². The molecule has 108 valence electrons. The van der Waals surface area contributed by atoms with Crippen molar-refractivity contribution in [2.24, 2.45) is 0 Å². The number of benzene rings is 1. The fraction of sp³-hybridized carbons (Fsp3) is 0.333. The zero-order valence-electron chi connectivity index (χ0n) is 11.6. The Morgan fingerprint density at radius 2 is 2.20 bits per heavy atom. The van der Waals surface area contributed by atoms with Crippen molar-refractivity contribution in [3.05, 3.63) is 47.5 Å². The highest BCUT2D eigenvalue weighted by atomic mass is 35.5. The summed E-state index contributed by atoms with van der Waals surface area (Å²) in [6, 6.07) is 7.51. The van der Waals surface area contributed by atoms with Gasteiger partial charge in [0.1, 0.15) is 0 Å². The average molecular weight is 295 g/mol. The van der Waals surface area contributed by atoms with Gasteiger partial charge in [-0.1, -0.05) is 29.8 Å². The quantitative estimate of drug-likeness (QED) is 0.782. The third-order valence-corrected chi connectivity index (χ3v) is 2.99. The van der Waals surface area contributed by atoms with Crippen molar-refractivity contribution < 1.29 is 9.59 Å². The molecule has 1 rings (SSSR count). The summed E-state index contributed by atoms with van der Waals surface area (Å²) in [6.07, 6.45) is 2.30. The number of rotatable bonds is 7. The molecule has 0 saturated carbocycles. The average Bonchev–Trinajstić information content (AvgIpc) is 2.38. The molecule has 0 radical (unpaired) electrons. The highest BCUT2D eigenvalue weighted by Gasteiger charge is 2.11. The summed E-state index contributed by atoms with van der Waals surface area (Å²) in [6.45, 7) is 5.93. The summed E-state index contributed by atoms with van der Waals surface area (Å²) in [4.78, 5) is 24.4. The number of hydrogen-bond acceptors (Lipinski definition) is 2. The lowest BCUT2D eigenvalue weighted by atomic mass is 10.1. The van der Waals surface area contributed by atoms with E-state index in [9.17, 15) is 9.59 Å². The SMILES string of the molecule is C=CCN(CC(=O)NCCc1cccc(Cl)c1)C(C)=O. The summed E-state index contributed by atoms with van der Waals surface area (Å²) in [7, 11) is 0. The van der Waals surface area contributed by atoms with Crippen molar-refractivity contribution in [1.29, 1.82) is 0 Å². The number of amides is 2. The summed E-state index contributed by atoms with van der Waals surface area (Å²) in [5, 5.41) is 3.47. The van der Waals surface area contributed by atoms with Gasteiger partial charge in [0.15, 0.2) is 0 Å². The van der Waals surface area contributed by atoms with Crippen LogP contribution in [0.15, 0.2) is 36.9 Å². The van der Waals surface area contributed by atoms with Gasteiger partial charge in [0.25, 0.3) is 0 Å². The highest BCUT2D eigenvalue weighted by molar-refractivity contribution is 6.30. The van der Waals surface area contributed by atoms with Crippen molar-refractivity contribution in [3.8, 4) is 0 Å². The Kier molecular flexibility index (Phi) is 6.81. The van der Waals surface area contributed by atoms with Gasteiger partial charge in [0.05, 0.1) is 6.54 Å². The Bertz CT molecular complexity index is 489. The van der Waals surface area contributed by atoms with Crippen LogP contribution in [0.3, 0.4) is 0 Å². The first-order chi connectivity index (χ1) is 9.52. The van der Waals surface area contributed by atoms with Crippen LogP contribution < -0.4 is 5.32 Å². The first-order valence-corrected chi connectivity index (χ1v) is 6.78. The van der Waals surface area contributed by atoms with E-state index in [2.05, 4.69) is 11.9 Å². The molecule has 20 heavy (non-hydrogen) atoms. The normalized spacial score (nSPS) is 9.90. The molecule has 0 aromatic heterocycles. The molecule has 0 saturated heterocycles. The van der Waals surface area contributed by atoms with Crippen LogP contribution in [0.2, 0.25) is 5.02 Å². The molecule has 0 bridgehead atoms. The first-order valence-electron chi connectivity index (χ1n) is 6.40. The van der Waals surface area contributed by atoms with Crippen LogP contribution in [0.25, 0.3) is 0 Å². The Morgan fingerprint density at radius 1 is 1.45 bits per heavy atom. The standard InChI is InChI=1S/C15H19ClN2O2/c1-3-9-18(12(2)19)11-15(20)17-8-7-13-5-4-6-14(16)10-13/h3-6,10H,1,7-9,11H2,2H3,(H,17,20). The number of carbonyl (C=O) groups excluding carboxylic acids is 2. The predicted octanol–water partition coefficient (Wildman–Crippen LogP) is 2.03. The van der Waals surface area contributed by atoms with Gasteiger partial charge in [-0.05, 0) is 24.1 Å². The zero-order chi connectivity index (χ0) is 15.0. The second-order valence-electron chi connectivity index (χ2n) is 4.42. The molecule has 0 aliphatic carbocycles. The van der Waals surface area contributed by atoms with Gasteiger partial charge in [0.2, 0.25) is 11.8 Å². The number of hydrogen-bond donors (Lipinski definition) is 1. The van der Waals surface area contributed by atoms with E-state index in [0.717, 1.165) is 5.56 Å². The monoisotopic (exact) mass is 294 g/mol. The van der Waals surface area contributed by atoms with Crippen LogP contribution in [0.5, 0.6) is 0 Å². The minimum absolute atomic E-state index is 0.0525. The molecule has 2 amide bonds. The number of nitrogens with zero attached hydrogens (tertiary/aromatic N) is 1. The highest BCUT2D eigenvalue weighted by Crippen LogP contribution is 2.10. The van der Waals surface area contributed by atoms with Crippen molar-refractivity contribution >= 4 is 23.4 Å². The van der Waals surface area contributed by atoms with E-state index in [1.807, 2.05) is 24.3 Å². The minimum Gasteiger partial charge on any atom is -0.354 e. The van der Waals surface area contributed by atoms with E-state index in [1.54, 1.807) is 6.08 Å². The van der Waals surface area contributed by atoms with Gasteiger partial charge in [-0.25, -0.2) is 0 Å². The van der Waals surface area contributed by atoms with E-state index in [0.29, 0.717) is 24.5 Å². The molecular formula is C15H19ClN2O2. The van der Waals surface area contributed by atoms with Gasteiger partial charge in [-0.15, -0.1) is 6.58 Å². The lowest BCUT2D eigenvalue weighted by molar-refractivity contribution is -0.133. The molecule has 1 aromatic carbocycles. The third kappa shape index (κ3) is 5.89. The van der Waals surface area contributed by atoms with E-state index in [4.69, 9.17) is 11.6 Å². The lowest BCUT2D eigenvalue weighted by Gasteiger charge is -2.18. The van der Waals surface area contributed by atoms with Gasteiger partial charge in [-0.2, -0.15) is 0 Å². The molecule has 1 N–H and O–H groups in total. The summed E-state index contributed by atoms with van der Waals surface area (Å²) in [5.74, 6) is -0.320. The van der Waals surface area contributed by atoms with E-state index in [1.165, 1.54) is 11.8 Å². The van der Waals surface area contributed by atoms with Gasteiger partial charge < -0.3 is 10.2 Å². The first kappa shape index (κ1) is 16.2. The van der Waals surface area contributed by atoms with Crippen LogP contribution in [-0.4, -0.2) is 36.3 Å². The van der Waals surface area contributed by atoms with Gasteiger partial charge in [-0.3, -0.25) is 9.59 Å². The van der Waals surface area contributed by atoms with Gasteiger partial charge >= 0.3 is 0 Å². The molecule has 0 atom stereocenters. The van der Waals surface area contributed by atoms with Crippen LogP contribution in [0.1, 0.15) is 12.5 Å². The maximum atomic E-state index is 11.7. The van der Waals surface area contributed by atoms with Crippen molar-refractivity contribution in [2.45, 2.75) is 13.3 Å². The molecule has 0 aliphatic heterocycles. The Balaban J connectivity index is 2.36. The second-order valence-corrected chi connectivity index (χ2v) is 4.85. The minimum atomic E-state index is -0.177. The van der Waals surface area contributed by atoms with Crippen molar-refractivity contribution in [2.75, 3.05) is 19.6 Å². The van der Waals surface area contributed by atoms with Crippen LogP contribution in [0.4, 0.5) is 0 Å². The van der Waals surface area contributed by atoms with Crippen LogP contribution >= 0.6 is 11.6 Å². The Labute approximate surface area is 124 Å². The fourth-order valence-corrected chi connectivity index (χ4v) is 1.94. The molecule has 0 unspecified atom stereocenters. The molecule has 0 heterocycles. The van der Waals surface area contributed by atoms with E-state index >= 15 is 0 Å². The third-order valence-electron chi connectivity index (χ3n) is 2.75. The summed E-state index contributed by atoms with van der Waals surface area (Å²) in [5.41, 5.74) is 1.06. The second kappa shape index (κ2) is 8.38. The smallest absolute Gasteiger partial charge is 0.239 e. The zero-order valence-corrected chi connectivity index (χ0v) is 12.3. The molecular weight excluding hydrogens is 276 g/mol. The summed E-state index contributed by atoms with van der Waals surface area (Å²) >= 11 is 5.88. The maximum Gasteiger partial charge on any atom is 0.239 e. The van der Waals surface area contributed by atoms with Crippen molar-refractivity contribution in [3.63, 3.8) is 0 Å². The number of carbonyl (C=O) groups is 2. The summed E-state index contributed by atoms with van der Waals surface area (Å²) < 4.78 is 0. The maximum absolute atomic E-state index is 11.7. The molecule has 0 fully saturated rings. The fourth-order valence-electron chi connectivity index (χ4n) is 1.73. The van der Waals surface area contributed by atoms with Crippen molar-refractivity contribution in [1.82, 2.24) is 10.2 Å². The van der Waals surface area contributed by atoms with Gasteiger partial charge in [0, 0.05) is 25.0 Å².